The van der Waals surface area contributed by atoms with E-state index < -0.39 is 24.0 Å². The van der Waals surface area contributed by atoms with Crippen molar-refractivity contribution in [1.82, 2.24) is 15.1 Å². The van der Waals surface area contributed by atoms with E-state index in [1.165, 1.54) is 25.2 Å². The average molecular weight is 392 g/mol. The van der Waals surface area contributed by atoms with Crippen LogP contribution in [-0.2, 0) is 26.2 Å². The van der Waals surface area contributed by atoms with Crippen LogP contribution in [0.15, 0.2) is 17.5 Å². The number of nitrogens with zero attached hydrogens (tertiary/aromatic N) is 2. The number of carbonyl (C=O) groups is 3. The van der Waals surface area contributed by atoms with Crippen molar-refractivity contribution in [1.29, 1.82) is 0 Å². The molecule has 0 radical (unpaired) electrons. The molecule has 0 aliphatic rings. The number of aryl methyl sites for hydroxylation is 2. The van der Waals surface area contributed by atoms with E-state index in [1.54, 1.807) is 18.7 Å². The highest BCUT2D eigenvalue weighted by atomic mass is 32.1. The minimum absolute atomic E-state index is 0.0529. The maximum atomic E-state index is 12.4. The number of thiophene rings is 1. The molecule has 146 valence electrons. The third-order valence-corrected chi connectivity index (χ3v) is 5.06. The van der Waals surface area contributed by atoms with E-state index >= 15 is 0 Å². The predicted octanol–water partition coefficient (Wildman–Crippen LogP) is 2.24. The standard InChI is InChI=1S/C18H24N4O4S/c1-10-17(11(2)22(5)21-10)20-18(25)12(3)26-16(24)9-14(19-13(4)23)15-7-6-8-27-15/h6-8,12,14H,9H2,1-5H3,(H,19,23)(H,20,25). The molecule has 8 nitrogen and oxygen atoms in total. The van der Waals surface area contributed by atoms with Gasteiger partial charge in [0, 0.05) is 18.8 Å². The molecule has 2 N–H and O–H groups in total. The zero-order chi connectivity index (χ0) is 20.1. The van der Waals surface area contributed by atoms with Gasteiger partial charge in [0.15, 0.2) is 6.10 Å². The predicted molar refractivity (Wildman–Crippen MR) is 102 cm³/mol. The molecule has 0 aromatic carbocycles. The smallest absolute Gasteiger partial charge is 0.309 e. The van der Waals surface area contributed by atoms with Gasteiger partial charge in [-0.15, -0.1) is 11.3 Å². The fraction of sp³-hybridized carbons (Fsp3) is 0.444. The molecule has 0 aliphatic heterocycles. The van der Waals surface area contributed by atoms with Crippen molar-refractivity contribution in [3.05, 3.63) is 33.8 Å². The molecule has 2 aromatic rings. The van der Waals surface area contributed by atoms with Crippen molar-refractivity contribution in [2.45, 2.75) is 46.3 Å². The first-order chi connectivity index (χ1) is 12.7. The van der Waals surface area contributed by atoms with Crippen molar-refractivity contribution >= 4 is 34.8 Å². The van der Waals surface area contributed by atoms with Gasteiger partial charge < -0.3 is 15.4 Å². The highest BCUT2D eigenvalue weighted by molar-refractivity contribution is 7.10. The lowest BCUT2D eigenvalue weighted by Gasteiger charge is -2.18. The fourth-order valence-electron chi connectivity index (χ4n) is 2.60. The van der Waals surface area contributed by atoms with Gasteiger partial charge in [-0.3, -0.25) is 19.1 Å². The van der Waals surface area contributed by atoms with E-state index in [1.807, 2.05) is 24.4 Å². The molecule has 27 heavy (non-hydrogen) atoms. The van der Waals surface area contributed by atoms with E-state index in [0.717, 1.165) is 10.6 Å². The number of hydrogen-bond acceptors (Lipinski definition) is 6. The second-order valence-electron chi connectivity index (χ2n) is 6.26. The van der Waals surface area contributed by atoms with Crippen LogP contribution in [0.4, 0.5) is 5.69 Å². The monoisotopic (exact) mass is 392 g/mol. The summed E-state index contributed by atoms with van der Waals surface area (Å²) >= 11 is 1.44. The minimum atomic E-state index is -0.974. The lowest BCUT2D eigenvalue weighted by Crippen LogP contribution is -2.33. The number of ether oxygens (including phenoxy) is 1. The Morgan fingerprint density at radius 2 is 2.04 bits per heavy atom. The second-order valence-corrected chi connectivity index (χ2v) is 7.24. The molecule has 2 amide bonds. The first kappa shape index (κ1) is 20.6. The van der Waals surface area contributed by atoms with Crippen LogP contribution in [0.5, 0.6) is 0 Å². The summed E-state index contributed by atoms with van der Waals surface area (Å²) in [5, 5.41) is 11.6. The number of esters is 1. The number of hydrogen-bond donors (Lipinski definition) is 2. The molecule has 0 saturated carbocycles. The number of nitrogens with one attached hydrogen (secondary N) is 2. The lowest BCUT2D eigenvalue weighted by molar-refractivity contribution is -0.153. The van der Waals surface area contributed by atoms with Gasteiger partial charge in [-0.2, -0.15) is 5.10 Å². The number of carbonyl (C=O) groups excluding carboxylic acids is 3. The van der Waals surface area contributed by atoms with Crippen LogP contribution in [0.3, 0.4) is 0 Å². The molecule has 2 unspecified atom stereocenters. The Bertz CT molecular complexity index is 829. The van der Waals surface area contributed by atoms with Crippen LogP contribution in [0.25, 0.3) is 0 Å². The molecule has 0 fully saturated rings. The summed E-state index contributed by atoms with van der Waals surface area (Å²) in [6.45, 7) is 6.52. The van der Waals surface area contributed by atoms with Gasteiger partial charge in [-0.1, -0.05) is 6.07 Å². The third-order valence-electron chi connectivity index (χ3n) is 4.07. The third kappa shape index (κ3) is 5.40. The van der Waals surface area contributed by atoms with Gasteiger partial charge in [0.05, 0.1) is 29.5 Å². The first-order valence-electron chi connectivity index (χ1n) is 8.50. The van der Waals surface area contributed by atoms with Gasteiger partial charge in [0.2, 0.25) is 5.91 Å². The molecule has 2 aromatic heterocycles. The zero-order valence-corrected chi connectivity index (χ0v) is 16.8. The average Bonchev–Trinajstić information content (AvgIpc) is 3.18. The normalized spacial score (nSPS) is 12.9. The number of rotatable bonds is 7. The molecule has 2 rings (SSSR count). The Labute approximate surface area is 161 Å². The molecule has 9 heteroatoms. The summed E-state index contributed by atoms with van der Waals surface area (Å²) in [4.78, 5) is 36.9. The number of amides is 2. The highest BCUT2D eigenvalue weighted by Gasteiger charge is 2.24. The second kappa shape index (κ2) is 8.81. The lowest BCUT2D eigenvalue weighted by atomic mass is 10.1. The number of aromatic nitrogens is 2. The number of anilines is 1. The van der Waals surface area contributed by atoms with Crippen molar-refractivity contribution in [2.24, 2.45) is 7.05 Å². The topological polar surface area (TPSA) is 102 Å². The summed E-state index contributed by atoms with van der Waals surface area (Å²) in [6.07, 6.45) is -1.03. The Balaban J connectivity index is 1.97. The summed E-state index contributed by atoms with van der Waals surface area (Å²) in [6, 6.07) is 3.20. The molecule has 0 spiro atoms. The van der Waals surface area contributed by atoms with Crippen LogP contribution in [0, 0.1) is 13.8 Å². The summed E-state index contributed by atoms with van der Waals surface area (Å²) < 4.78 is 6.92. The van der Waals surface area contributed by atoms with E-state index in [-0.39, 0.29) is 12.3 Å². The van der Waals surface area contributed by atoms with Gasteiger partial charge >= 0.3 is 5.97 Å². The Morgan fingerprint density at radius 1 is 1.33 bits per heavy atom. The fourth-order valence-corrected chi connectivity index (χ4v) is 3.38. The largest absolute Gasteiger partial charge is 0.452 e. The zero-order valence-electron chi connectivity index (χ0n) is 16.0. The highest BCUT2D eigenvalue weighted by Crippen LogP contribution is 2.23. The molecular weight excluding hydrogens is 368 g/mol. The molecule has 0 bridgehead atoms. The summed E-state index contributed by atoms with van der Waals surface area (Å²) in [5.74, 6) is -1.24. The van der Waals surface area contributed by atoms with Crippen LogP contribution in [0.1, 0.15) is 42.6 Å². The molecule has 2 heterocycles. The van der Waals surface area contributed by atoms with Gasteiger partial charge in [0.1, 0.15) is 0 Å². The van der Waals surface area contributed by atoms with Crippen LogP contribution in [0.2, 0.25) is 0 Å². The molecule has 0 aliphatic carbocycles. The van der Waals surface area contributed by atoms with Crippen LogP contribution < -0.4 is 10.6 Å². The Hall–Kier alpha value is -2.68. The van der Waals surface area contributed by atoms with E-state index in [2.05, 4.69) is 15.7 Å². The minimum Gasteiger partial charge on any atom is -0.452 e. The molecule has 0 saturated heterocycles. The maximum Gasteiger partial charge on any atom is 0.309 e. The van der Waals surface area contributed by atoms with Crippen molar-refractivity contribution < 1.29 is 19.1 Å². The van der Waals surface area contributed by atoms with Crippen LogP contribution >= 0.6 is 11.3 Å². The Morgan fingerprint density at radius 3 is 2.56 bits per heavy atom. The molecule has 2 atom stereocenters. The SMILES string of the molecule is CC(=O)NC(CC(=O)OC(C)C(=O)Nc1c(C)nn(C)c1C)c1cccs1. The van der Waals surface area contributed by atoms with Crippen molar-refractivity contribution in [3.8, 4) is 0 Å². The Kier molecular flexibility index (Phi) is 6.73. The van der Waals surface area contributed by atoms with Gasteiger partial charge in [-0.25, -0.2) is 0 Å². The first-order valence-corrected chi connectivity index (χ1v) is 9.38. The molecular formula is C18H24N4O4S. The van der Waals surface area contributed by atoms with E-state index in [4.69, 9.17) is 4.74 Å². The van der Waals surface area contributed by atoms with Gasteiger partial charge in [0.25, 0.3) is 5.91 Å². The van der Waals surface area contributed by atoms with E-state index in [0.29, 0.717) is 11.4 Å². The van der Waals surface area contributed by atoms with Crippen molar-refractivity contribution in [3.63, 3.8) is 0 Å². The summed E-state index contributed by atoms with van der Waals surface area (Å²) in [5.41, 5.74) is 2.10. The quantitative estimate of drug-likeness (QED) is 0.704. The van der Waals surface area contributed by atoms with Gasteiger partial charge in [-0.05, 0) is 32.2 Å². The van der Waals surface area contributed by atoms with E-state index in [9.17, 15) is 14.4 Å². The van der Waals surface area contributed by atoms with Crippen molar-refractivity contribution in [2.75, 3.05) is 5.32 Å². The summed E-state index contributed by atoms with van der Waals surface area (Å²) in [7, 11) is 1.79. The van der Waals surface area contributed by atoms with Crippen LogP contribution in [-0.4, -0.2) is 33.7 Å². The maximum absolute atomic E-state index is 12.4.